The highest BCUT2D eigenvalue weighted by molar-refractivity contribution is 5.29. The number of nitrogens with zero attached hydrogens (tertiary/aromatic N) is 3. The minimum Gasteiger partial charge on any atom is -0.392 e. The maximum Gasteiger partial charge on any atom is 0.416 e. The zero-order valence-electron chi connectivity index (χ0n) is 12.4. The molecule has 1 aliphatic heterocycles. The second kappa shape index (κ2) is 5.93. The lowest BCUT2D eigenvalue weighted by atomic mass is 10.0. The van der Waals surface area contributed by atoms with Crippen LogP contribution < -0.4 is 0 Å². The van der Waals surface area contributed by atoms with Gasteiger partial charge in [-0.25, -0.2) is 0 Å². The zero-order chi connectivity index (χ0) is 16.6. The monoisotopic (exact) mass is 327 g/mol. The van der Waals surface area contributed by atoms with E-state index in [4.69, 9.17) is 4.52 Å². The van der Waals surface area contributed by atoms with Crippen LogP contribution in [0.1, 0.15) is 35.3 Å². The van der Waals surface area contributed by atoms with E-state index in [1.807, 2.05) is 4.90 Å². The fourth-order valence-corrected chi connectivity index (χ4v) is 2.91. The molecule has 0 radical (unpaired) electrons. The molecule has 0 aliphatic carbocycles. The second-order valence-electron chi connectivity index (χ2n) is 5.69. The molecule has 3 rings (SSSR count). The van der Waals surface area contributed by atoms with Crippen LogP contribution in [0.25, 0.3) is 0 Å². The van der Waals surface area contributed by atoms with E-state index in [1.165, 1.54) is 6.07 Å². The van der Waals surface area contributed by atoms with Gasteiger partial charge in [-0.2, -0.15) is 18.2 Å². The molecule has 0 amide bonds. The summed E-state index contributed by atoms with van der Waals surface area (Å²) in [5.41, 5.74) is -0.164. The quantitative estimate of drug-likeness (QED) is 0.939. The number of halogens is 3. The van der Waals surface area contributed by atoms with Gasteiger partial charge in [-0.15, -0.1) is 0 Å². The first kappa shape index (κ1) is 15.9. The minimum absolute atomic E-state index is 0.314. The lowest BCUT2D eigenvalue weighted by Gasteiger charge is -2.23. The molecule has 0 unspecified atom stereocenters. The van der Waals surface area contributed by atoms with Crippen LogP contribution in [0.5, 0.6) is 0 Å². The van der Waals surface area contributed by atoms with E-state index in [1.54, 1.807) is 13.0 Å². The largest absolute Gasteiger partial charge is 0.416 e. The van der Waals surface area contributed by atoms with Gasteiger partial charge < -0.3 is 9.63 Å². The maximum atomic E-state index is 12.9. The number of aryl methyl sites for hydroxylation is 1. The molecule has 1 aromatic carbocycles. The Morgan fingerprint density at radius 3 is 2.83 bits per heavy atom. The van der Waals surface area contributed by atoms with Gasteiger partial charge in [0.15, 0.2) is 5.82 Å². The minimum atomic E-state index is -4.39. The predicted octanol–water partition coefficient (Wildman–Crippen LogP) is 2.70. The first-order chi connectivity index (χ1) is 10.8. The van der Waals surface area contributed by atoms with E-state index in [0.29, 0.717) is 36.8 Å². The van der Waals surface area contributed by atoms with Crippen molar-refractivity contribution in [3.8, 4) is 0 Å². The van der Waals surface area contributed by atoms with Crippen LogP contribution in [-0.2, 0) is 12.7 Å². The summed E-state index contributed by atoms with van der Waals surface area (Å²) in [4.78, 5) is 5.97. The third kappa shape index (κ3) is 3.53. The molecule has 8 heteroatoms. The Hall–Kier alpha value is -1.93. The summed E-state index contributed by atoms with van der Waals surface area (Å²) in [5, 5.41) is 13.7. The molecule has 0 bridgehead atoms. The van der Waals surface area contributed by atoms with Crippen LogP contribution in [0.3, 0.4) is 0 Å². The average molecular weight is 327 g/mol. The number of aliphatic hydroxyl groups excluding tert-OH is 1. The SMILES string of the molecule is Cc1nc(CN2C[C@H](O)C[C@@H]2c2cccc(C(F)(F)F)c2)no1. The molecule has 0 spiro atoms. The van der Waals surface area contributed by atoms with E-state index in [0.717, 1.165) is 12.1 Å². The Labute approximate surface area is 130 Å². The van der Waals surface area contributed by atoms with Gasteiger partial charge in [-0.1, -0.05) is 17.3 Å². The van der Waals surface area contributed by atoms with Gasteiger partial charge >= 0.3 is 6.18 Å². The van der Waals surface area contributed by atoms with Crippen LogP contribution in [-0.4, -0.2) is 32.8 Å². The standard InChI is InChI=1S/C15H16F3N3O2/c1-9-19-14(20-23-9)8-21-7-12(22)6-13(21)10-3-2-4-11(5-10)15(16,17)18/h2-5,12-13,22H,6-8H2,1H3/t12-,13-/m1/s1. The first-order valence-electron chi connectivity index (χ1n) is 7.21. The number of aromatic nitrogens is 2. The van der Waals surface area contributed by atoms with Crippen molar-refractivity contribution in [1.82, 2.24) is 15.0 Å². The summed E-state index contributed by atoms with van der Waals surface area (Å²) >= 11 is 0. The predicted molar refractivity (Wildman–Crippen MR) is 74.3 cm³/mol. The molecular formula is C15H16F3N3O2. The van der Waals surface area contributed by atoms with E-state index < -0.39 is 17.8 Å². The topological polar surface area (TPSA) is 62.4 Å². The molecule has 2 atom stereocenters. The van der Waals surface area contributed by atoms with Gasteiger partial charge in [0.2, 0.25) is 5.89 Å². The molecule has 1 aromatic heterocycles. The summed E-state index contributed by atoms with van der Waals surface area (Å²) in [5.74, 6) is 0.879. The normalized spacial score (nSPS) is 22.7. The van der Waals surface area contributed by atoms with Crippen LogP contribution in [0, 0.1) is 6.92 Å². The molecule has 5 nitrogen and oxygen atoms in total. The van der Waals surface area contributed by atoms with Crippen molar-refractivity contribution >= 4 is 0 Å². The molecule has 2 aromatic rings. The lowest BCUT2D eigenvalue weighted by Crippen LogP contribution is -2.25. The highest BCUT2D eigenvalue weighted by atomic mass is 19.4. The van der Waals surface area contributed by atoms with Gasteiger partial charge in [0.05, 0.1) is 18.2 Å². The molecule has 0 saturated carbocycles. The zero-order valence-corrected chi connectivity index (χ0v) is 12.4. The fraction of sp³-hybridized carbons (Fsp3) is 0.467. The molecule has 2 heterocycles. The van der Waals surface area contributed by atoms with E-state index in [2.05, 4.69) is 10.1 Å². The smallest absolute Gasteiger partial charge is 0.392 e. The summed E-state index contributed by atoms with van der Waals surface area (Å²) in [6, 6.07) is 4.90. The van der Waals surface area contributed by atoms with Crippen LogP contribution in [0.2, 0.25) is 0 Å². The lowest BCUT2D eigenvalue weighted by molar-refractivity contribution is -0.137. The Bertz CT molecular complexity index is 687. The summed E-state index contributed by atoms with van der Waals surface area (Å²) in [6.45, 7) is 2.34. The summed E-state index contributed by atoms with van der Waals surface area (Å²) < 4.78 is 43.6. The van der Waals surface area contributed by atoms with Crippen molar-refractivity contribution in [2.45, 2.75) is 38.2 Å². The molecule has 124 valence electrons. The first-order valence-corrected chi connectivity index (χ1v) is 7.21. The van der Waals surface area contributed by atoms with E-state index in [-0.39, 0.29) is 6.04 Å². The Morgan fingerprint density at radius 1 is 1.39 bits per heavy atom. The number of β-amino-alcohol motifs (C(OH)–C–C–N with tert-alkyl or cyclic N) is 1. The molecule has 1 aliphatic rings. The fourth-order valence-electron chi connectivity index (χ4n) is 2.91. The number of likely N-dealkylation sites (tertiary alicyclic amines) is 1. The number of hydrogen-bond donors (Lipinski definition) is 1. The molecular weight excluding hydrogens is 311 g/mol. The van der Waals surface area contributed by atoms with Gasteiger partial charge in [0, 0.05) is 19.5 Å². The second-order valence-corrected chi connectivity index (χ2v) is 5.69. The number of aliphatic hydroxyl groups is 1. The Morgan fingerprint density at radius 2 is 2.17 bits per heavy atom. The van der Waals surface area contributed by atoms with Crippen molar-refractivity contribution in [3.05, 3.63) is 47.1 Å². The highest BCUT2D eigenvalue weighted by Crippen LogP contribution is 2.36. The number of rotatable bonds is 3. The molecule has 1 saturated heterocycles. The molecule has 1 fully saturated rings. The van der Waals surface area contributed by atoms with Crippen molar-refractivity contribution in [1.29, 1.82) is 0 Å². The van der Waals surface area contributed by atoms with Gasteiger partial charge in [0.1, 0.15) is 0 Å². The third-order valence-electron chi connectivity index (χ3n) is 3.89. The maximum absolute atomic E-state index is 12.9. The van der Waals surface area contributed by atoms with Gasteiger partial charge in [-0.3, -0.25) is 4.90 Å². The van der Waals surface area contributed by atoms with Gasteiger partial charge in [-0.05, 0) is 24.1 Å². The summed E-state index contributed by atoms with van der Waals surface area (Å²) in [7, 11) is 0. The molecule has 23 heavy (non-hydrogen) atoms. The van der Waals surface area contributed by atoms with Crippen molar-refractivity contribution in [3.63, 3.8) is 0 Å². The third-order valence-corrected chi connectivity index (χ3v) is 3.89. The van der Waals surface area contributed by atoms with Crippen molar-refractivity contribution in [2.75, 3.05) is 6.54 Å². The number of hydrogen-bond acceptors (Lipinski definition) is 5. The van der Waals surface area contributed by atoms with Crippen LogP contribution in [0.15, 0.2) is 28.8 Å². The van der Waals surface area contributed by atoms with Crippen LogP contribution >= 0.6 is 0 Å². The molecule has 1 N–H and O–H groups in total. The number of alkyl halides is 3. The van der Waals surface area contributed by atoms with Crippen molar-refractivity contribution in [2.24, 2.45) is 0 Å². The van der Waals surface area contributed by atoms with E-state index >= 15 is 0 Å². The summed E-state index contributed by atoms with van der Waals surface area (Å²) in [6.07, 6.45) is -4.61. The Kier molecular flexibility index (Phi) is 4.11. The highest BCUT2D eigenvalue weighted by Gasteiger charge is 2.35. The van der Waals surface area contributed by atoms with Crippen LogP contribution in [0.4, 0.5) is 13.2 Å². The Balaban J connectivity index is 1.84. The van der Waals surface area contributed by atoms with E-state index in [9.17, 15) is 18.3 Å². The average Bonchev–Trinajstić information content (AvgIpc) is 3.04. The van der Waals surface area contributed by atoms with Gasteiger partial charge in [0.25, 0.3) is 0 Å². The number of benzene rings is 1. The van der Waals surface area contributed by atoms with Crippen molar-refractivity contribution < 1.29 is 22.8 Å².